The standard InChI is InChI=1S/C11H14ClN3O2/c12-10-5-9(15(16)17)1-2-11(10)14-4-3-8(6-13)7-14/h1-2,5,8H,3-4,6-7,13H2. The van der Waals surface area contributed by atoms with Gasteiger partial charge in [0.15, 0.2) is 0 Å². The smallest absolute Gasteiger partial charge is 0.271 e. The summed E-state index contributed by atoms with van der Waals surface area (Å²) < 4.78 is 0. The van der Waals surface area contributed by atoms with E-state index in [1.165, 1.54) is 12.1 Å². The zero-order valence-electron chi connectivity index (χ0n) is 9.30. The zero-order valence-corrected chi connectivity index (χ0v) is 10.1. The SMILES string of the molecule is NCC1CCN(c2ccc([N+](=O)[O-])cc2Cl)C1. The largest absolute Gasteiger partial charge is 0.370 e. The highest BCUT2D eigenvalue weighted by Gasteiger charge is 2.23. The lowest BCUT2D eigenvalue weighted by molar-refractivity contribution is -0.384. The highest BCUT2D eigenvalue weighted by atomic mass is 35.5. The van der Waals surface area contributed by atoms with Gasteiger partial charge in [0.2, 0.25) is 0 Å². The van der Waals surface area contributed by atoms with Crippen LogP contribution in [0.4, 0.5) is 11.4 Å². The minimum absolute atomic E-state index is 0.0216. The number of nitro benzene ring substituents is 1. The minimum atomic E-state index is -0.442. The second-order valence-electron chi connectivity index (χ2n) is 4.23. The molecular formula is C11H14ClN3O2. The number of hydrogen-bond acceptors (Lipinski definition) is 4. The average molecular weight is 256 g/mol. The molecule has 0 aliphatic carbocycles. The van der Waals surface area contributed by atoms with E-state index >= 15 is 0 Å². The molecule has 92 valence electrons. The fourth-order valence-corrected chi connectivity index (χ4v) is 2.40. The third-order valence-corrected chi connectivity index (χ3v) is 3.40. The van der Waals surface area contributed by atoms with Gasteiger partial charge in [-0.2, -0.15) is 0 Å². The van der Waals surface area contributed by atoms with Gasteiger partial charge in [0, 0.05) is 25.2 Å². The molecule has 1 heterocycles. The Morgan fingerprint density at radius 1 is 1.59 bits per heavy atom. The topological polar surface area (TPSA) is 72.4 Å². The van der Waals surface area contributed by atoms with Gasteiger partial charge in [-0.05, 0) is 24.9 Å². The van der Waals surface area contributed by atoms with Crippen LogP contribution in [0.1, 0.15) is 6.42 Å². The quantitative estimate of drug-likeness (QED) is 0.663. The molecule has 0 saturated carbocycles. The van der Waals surface area contributed by atoms with Crippen LogP contribution in [0.25, 0.3) is 0 Å². The first-order valence-corrected chi connectivity index (χ1v) is 5.88. The van der Waals surface area contributed by atoms with Crippen LogP contribution in [0.5, 0.6) is 0 Å². The number of nitrogens with two attached hydrogens (primary N) is 1. The molecule has 0 amide bonds. The van der Waals surface area contributed by atoms with Crippen molar-refractivity contribution in [3.05, 3.63) is 33.3 Å². The molecule has 0 bridgehead atoms. The molecule has 1 fully saturated rings. The van der Waals surface area contributed by atoms with Crippen molar-refractivity contribution < 1.29 is 4.92 Å². The number of benzene rings is 1. The molecule has 0 radical (unpaired) electrons. The molecule has 1 saturated heterocycles. The van der Waals surface area contributed by atoms with Crippen molar-refractivity contribution in [3.8, 4) is 0 Å². The van der Waals surface area contributed by atoms with Crippen molar-refractivity contribution >= 4 is 23.0 Å². The summed E-state index contributed by atoms with van der Waals surface area (Å²) in [6.45, 7) is 2.44. The van der Waals surface area contributed by atoms with E-state index in [4.69, 9.17) is 17.3 Å². The van der Waals surface area contributed by atoms with Crippen molar-refractivity contribution in [2.45, 2.75) is 6.42 Å². The molecule has 1 unspecified atom stereocenters. The number of anilines is 1. The molecule has 1 aromatic carbocycles. The summed E-state index contributed by atoms with van der Waals surface area (Å²) in [5.74, 6) is 0.487. The summed E-state index contributed by atoms with van der Waals surface area (Å²) >= 11 is 6.07. The van der Waals surface area contributed by atoms with Crippen LogP contribution >= 0.6 is 11.6 Å². The first-order valence-electron chi connectivity index (χ1n) is 5.50. The molecule has 1 aliphatic heterocycles. The maximum absolute atomic E-state index is 10.6. The van der Waals surface area contributed by atoms with Gasteiger partial charge in [-0.1, -0.05) is 11.6 Å². The molecular weight excluding hydrogens is 242 g/mol. The summed E-state index contributed by atoms with van der Waals surface area (Å²) in [5, 5.41) is 11.0. The van der Waals surface area contributed by atoms with E-state index in [0.717, 1.165) is 25.2 Å². The fraction of sp³-hybridized carbons (Fsp3) is 0.455. The fourth-order valence-electron chi connectivity index (χ4n) is 2.11. The summed E-state index contributed by atoms with van der Waals surface area (Å²) in [5.41, 5.74) is 6.50. The van der Waals surface area contributed by atoms with Crippen molar-refractivity contribution in [2.24, 2.45) is 11.7 Å². The Kier molecular flexibility index (Phi) is 3.49. The van der Waals surface area contributed by atoms with Gasteiger partial charge in [0.1, 0.15) is 0 Å². The predicted molar refractivity (Wildman–Crippen MR) is 67.5 cm³/mol. The molecule has 2 rings (SSSR count). The van der Waals surface area contributed by atoms with Crippen molar-refractivity contribution in [3.63, 3.8) is 0 Å². The minimum Gasteiger partial charge on any atom is -0.370 e. The first-order chi connectivity index (χ1) is 8.11. The van der Waals surface area contributed by atoms with Crippen LogP contribution in [0, 0.1) is 16.0 Å². The molecule has 1 atom stereocenters. The summed E-state index contributed by atoms with van der Waals surface area (Å²) in [6, 6.07) is 4.59. The molecule has 6 heteroatoms. The van der Waals surface area contributed by atoms with Crippen LogP contribution in [0.2, 0.25) is 5.02 Å². The van der Waals surface area contributed by atoms with Gasteiger partial charge in [0.25, 0.3) is 5.69 Å². The van der Waals surface area contributed by atoms with E-state index in [2.05, 4.69) is 4.90 Å². The lowest BCUT2D eigenvalue weighted by Crippen LogP contribution is -2.22. The van der Waals surface area contributed by atoms with E-state index in [-0.39, 0.29) is 5.69 Å². The molecule has 1 aromatic rings. The third kappa shape index (κ3) is 2.50. The Labute approximate surface area is 104 Å². The third-order valence-electron chi connectivity index (χ3n) is 3.10. The van der Waals surface area contributed by atoms with Gasteiger partial charge < -0.3 is 10.6 Å². The van der Waals surface area contributed by atoms with Crippen LogP contribution in [0.15, 0.2) is 18.2 Å². The van der Waals surface area contributed by atoms with Crippen LogP contribution in [0.3, 0.4) is 0 Å². The maximum Gasteiger partial charge on any atom is 0.271 e. The lowest BCUT2D eigenvalue weighted by Gasteiger charge is -2.19. The molecule has 1 aliphatic rings. The summed E-state index contributed by atoms with van der Waals surface area (Å²) in [7, 11) is 0. The van der Waals surface area contributed by atoms with Crippen LogP contribution < -0.4 is 10.6 Å². The van der Waals surface area contributed by atoms with Gasteiger partial charge in [0.05, 0.1) is 15.6 Å². The Morgan fingerprint density at radius 2 is 2.35 bits per heavy atom. The Balaban J connectivity index is 2.20. The second-order valence-corrected chi connectivity index (χ2v) is 4.64. The molecule has 0 spiro atoms. The van der Waals surface area contributed by atoms with E-state index in [0.29, 0.717) is 17.5 Å². The van der Waals surface area contributed by atoms with E-state index < -0.39 is 4.92 Å². The predicted octanol–water partition coefficient (Wildman–Crippen LogP) is 2.03. The van der Waals surface area contributed by atoms with E-state index in [9.17, 15) is 10.1 Å². The Hall–Kier alpha value is -1.33. The first kappa shape index (κ1) is 12.1. The maximum atomic E-state index is 10.6. The van der Waals surface area contributed by atoms with Crippen molar-refractivity contribution in [2.75, 3.05) is 24.5 Å². The van der Waals surface area contributed by atoms with E-state index in [1.54, 1.807) is 6.07 Å². The summed E-state index contributed by atoms with van der Waals surface area (Å²) in [4.78, 5) is 12.3. The van der Waals surface area contributed by atoms with E-state index in [1.807, 2.05) is 0 Å². The number of non-ortho nitro benzene ring substituents is 1. The monoisotopic (exact) mass is 255 g/mol. The van der Waals surface area contributed by atoms with Gasteiger partial charge in [-0.3, -0.25) is 10.1 Å². The van der Waals surface area contributed by atoms with Crippen LogP contribution in [-0.4, -0.2) is 24.6 Å². The van der Waals surface area contributed by atoms with Gasteiger partial charge >= 0.3 is 0 Å². The molecule has 2 N–H and O–H groups in total. The number of halogens is 1. The average Bonchev–Trinajstić information content (AvgIpc) is 2.77. The molecule has 0 aromatic heterocycles. The van der Waals surface area contributed by atoms with Crippen LogP contribution in [-0.2, 0) is 0 Å². The normalized spacial score (nSPS) is 19.6. The molecule has 5 nitrogen and oxygen atoms in total. The Bertz CT molecular complexity index is 439. The highest BCUT2D eigenvalue weighted by Crippen LogP contribution is 2.32. The van der Waals surface area contributed by atoms with Crippen molar-refractivity contribution in [1.82, 2.24) is 0 Å². The van der Waals surface area contributed by atoms with Gasteiger partial charge in [-0.15, -0.1) is 0 Å². The van der Waals surface area contributed by atoms with Gasteiger partial charge in [-0.25, -0.2) is 0 Å². The summed E-state index contributed by atoms with van der Waals surface area (Å²) in [6.07, 6.45) is 1.05. The van der Waals surface area contributed by atoms with Crippen molar-refractivity contribution in [1.29, 1.82) is 0 Å². The Morgan fingerprint density at radius 3 is 2.88 bits per heavy atom. The second kappa shape index (κ2) is 4.89. The number of hydrogen-bond donors (Lipinski definition) is 1. The lowest BCUT2D eigenvalue weighted by atomic mass is 10.1. The number of nitrogens with zero attached hydrogens (tertiary/aromatic N) is 2. The zero-order chi connectivity index (χ0) is 12.4. The molecule has 17 heavy (non-hydrogen) atoms. The number of nitro groups is 1. The number of rotatable bonds is 3. The highest BCUT2D eigenvalue weighted by molar-refractivity contribution is 6.33.